The van der Waals surface area contributed by atoms with Crippen molar-refractivity contribution in [1.29, 1.82) is 0 Å². The summed E-state index contributed by atoms with van der Waals surface area (Å²) < 4.78 is 5.74. The van der Waals surface area contributed by atoms with E-state index in [0.717, 1.165) is 0 Å². The second-order valence-corrected chi connectivity index (χ2v) is 6.58. The van der Waals surface area contributed by atoms with Crippen LogP contribution in [0.25, 0.3) is 0 Å². The maximum atomic E-state index is 11.9. The molecule has 0 aliphatic carbocycles. The van der Waals surface area contributed by atoms with Crippen molar-refractivity contribution in [2.75, 3.05) is 5.32 Å². The van der Waals surface area contributed by atoms with Crippen LogP contribution in [-0.4, -0.2) is 18.0 Å². The number of hydrogen-bond acceptors (Lipinski definition) is 4. The van der Waals surface area contributed by atoms with Crippen LogP contribution in [0, 0.1) is 0 Å². The zero-order chi connectivity index (χ0) is 20.6. The molecule has 0 bridgehead atoms. The molecule has 3 aromatic carbocycles. The zero-order valence-corrected chi connectivity index (χ0v) is 16.4. The van der Waals surface area contributed by atoms with Crippen LogP contribution in [0.1, 0.15) is 5.56 Å². The van der Waals surface area contributed by atoms with Crippen molar-refractivity contribution < 1.29 is 14.3 Å². The maximum Gasteiger partial charge on any atom is 0.329 e. The van der Waals surface area contributed by atoms with Crippen molar-refractivity contribution >= 4 is 46.9 Å². The lowest BCUT2D eigenvalue weighted by atomic mass is 10.2. The van der Waals surface area contributed by atoms with Gasteiger partial charge >= 0.3 is 11.8 Å². The largest absolute Gasteiger partial charge is 0.457 e. The Morgan fingerprint density at radius 3 is 2.34 bits per heavy atom. The van der Waals surface area contributed by atoms with Crippen LogP contribution in [0.5, 0.6) is 11.5 Å². The number of anilines is 1. The molecule has 6 nitrogen and oxygen atoms in total. The van der Waals surface area contributed by atoms with E-state index in [-0.39, 0.29) is 5.02 Å². The summed E-state index contributed by atoms with van der Waals surface area (Å²) in [5, 5.41) is 6.81. The van der Waals surface area contributed by atoms with Crippen molar-refractivity contribution in [3.05, 3.63) is 88.4 Å². The van der Waals surface area contributed by atoms with E-state index in [2.05, 4.69) is 15.8 Å². The van der Waals surface area contributed by atoms with Gasteiger partial charge in [0.2, 0.25) is 0 Å². The summed E-state index contributed by atoms with van der Waals surface area (Å²) in [6, 6.07) is 20.9. The minimum atomic E-state index is -0.927. The summed E-state index contributed by atoms with van der Waals surface area (Å²) in [4.78, 5) is 23.8. The molecular formula is C21H15Cl2N3O3. The Kier molecular flexibility index (Phi) is 6.84. The number of benzene rings is 3. The Bertz CT molecular complexity index is 1060. The summed E-state index contributed by atoms with van der Waals surface area (Å²) in [5.74, 6) is -0.497. The van der Waals surface area contributed by atoms with Gasteiger partial charge in [-0.1, -0.05) is 53.5 Å². The summed E-state index contributed by atoms with van der Waals surface area (Å²) in [6.45, 7) is 0. The Hall–Kier alpha value is -3.35. The number of nitrogens with one attached hydrogen (secondary N) is 2. The maximum absolute atomic E-state index is 11.9. The molecule has 0 aromatic heterocycles. The molecule has 8 heteroatoms. The van der Waals surface area contributed by atoms with Crippen molar-refractivity contribution in [2.24, 2.45) is 5.10 Å². The molecule has 2 N–H and O–H groups in total. The van der Waals surface area contributed by atoms with E-state index in [1.165, 1.54) is 24.4 Å². The standard InChI is InChI=1S/C21H15Cl2N3O3/c22-18-10-9-15(12-19(18)23)25-20(27)21(28)26-24-13-14-5-4-8-17(11-14)29-16-6-2-1-3-7-16/h1-13H,(H,25,27)(H,26,28)/b24-13+. The van der Waals surface area contributed by atoms with Crippen LogP contribution < -0.4 is 15.5 Å². The first-order valence-electron chi connectivity index (χ1n) is 8.44. The van der Waals surface area contributed by atoms with Crippen LogP contribution in [0.2, 0.25) is 10.0 Å². The molecule has 0 radical (unpaired) electrons. The average molecular weight is 428 g/mol. The normalized spacial score (nSPS) is 10.6. The number of carbonyl (C=O) groups is 2. The van der Waals surface area contributed by atoms with Crippen LogP contribution in [0.3, 0.4) is 0 Å². The van der Waals surface area contributed by atoms with Crippen molar-refractivity contribution in [3.8, 4) is 11.5 Å². The van der Waals surface area contributed by atoms with E-state index in [0.29, 0.717) is 27.8 Å². The summed E-state index contributed by atoms with van der Waals surface area (Å²) in [7, 11) is 0. The highest BCUT2D eigenvalue weighted by molar-refractivity contribution is 6.42. The molecule has 0 spiro atoms. The third-order valence-electron chi connectivity index (χ3n) is 3.60. The lowest BCUT2D eigenvalue weighted by Gasteiger charge is -2.06. The SMILES string of the molecule is O=C(N/N=C/c1cccc(Oc2ccccc2)c1)C(=O)Nc1ccc(Cl)c(Cl)c1. The van der Waals surface area contributed by atoms with Gasteiger partial charge in [0, 0.05) is 5.69 Å². The molecule has 146 valence electrons. The number of nitrogens with zero attached hydrogens (tertiary/aromatic N) is 1. The van der Waals surface area contributed by atoms with Gasteiger partial charge in [0.25, 0.3) is 0 Å². The van der Waals surface area contributed by atoms with Gasteiger partial charge in [0.05, 0.1) is 16.3 Å². The molecule has 0 heterocycles. The summed E-state index contributed by atoms with van der Waals surface area (Å²) in [6.07, 6.45) is 1.40. The zero-order valence-electron chi connectivity index (χ0n) is 14.9. The topological polar surface area (TPSA) is 79.8 Å². The second kappa shape index (κ2) is 9.73. The van der Waals surface area contributed by atoms with Gasteiger partial charge in [0.1, 0.15) is 11.5 Å². The number of para-hydroxylation sites is 1. The van der Waals surface area contributed by atoms with E-state index in [4.69, 9.17) is 27.9 Å². The minimum Gasteiger partial charge on any atom is -0.457 e. The van der Waals surface area contributed by atoms with Gasteiger partial charge in [-0.25, -0.2) is 5.43 Å². The lowest BCUT2D eigenvalue weighted by molar-refractivity contribution is -0.136. The van der Waals surface area contributed by atoms with Crippen LogP contribution in [0.15, 0.2) is 77.9 Å². The average Bonchev–Trinajstić information content (AvgIpc) is 2.72. The number of amides is 2. The Balaban J connectivity index is 1.56. The van der Waals surface area contributed by atoms with E-state index in [9.17, 15) is 9.59 Å². The second-order valence-electron chi connectivity index (χ2n) is 5.77. The molecule has 3 rings (SSSR count). The summed E-state index contributed by atoms with van der Waals surface area (Å²) >= 11 is 11.7. The quantitative estimate of drug-likeness (QED) is 0.346. The molecule has 29 heavy (non-hydrogen) atoms. The number of hydrogen-bond donors (Lipinski definition) is 2. The molecule has 0 saturated carbocycles. The van der Waals surface area contributed by atoms with Gasteiger partial charge < -0.3 is 10.1 Å². The van der Waals surface area contributed by atoms with Gasteiger partial charge in [-0.3, -0.25) is 9.59 Å². The molecule has 0 fully saturated rings. The molecular weight excluding hydrogens is 413 g/mol. The number of hydrazone groups is 1. The predicted octanol–water partition coefficient (Wildman–Crippen LogP) is 4.87. The number of ether oxygens (including phenoxy) is 1. The number of carbonyl (C=O) groups excluding carboxylic acids is 2. The predicted molar refractivity (Wildman–Crippen MR) is 114 cm³/mol. The highest BCUT2D eigenvalue weighted by atomic mass is 35.5. The number of rotatable bonds is 5. The van der Waals surface area contributed by atoms with Crippen molar-refractivity contribution in [2.45, 2.75) is 0 Å². The van der Waals surface area contributed by atoms with Gasteiger partial charge in [-0.2, -0.15) is 5.10 Å². The van der Waals surface area contributed by atoms with Gasteiger partial charge in [-0.05, 0) is 48.0 Å². The molecule has 0 aliphatic rings. The fourth-order valence-electron chi connectivity index (χ4n) is 2.26. The molecule has 0 atom stereocenters. The van der Waals surface area contributed by atoms with E-state index in [1.807, 2.05) is 30.3 Å². The first-order chi connectivity index (χ1) is 14.0. The Labute approximate surface area is 177 Å². The molecule has 0 unspecified atom stereocenters. The van der Waals surface area contributed by atoms with E-state index in [1.54, 1.807) is 24.3 Å². The van der Waals surface area contributed by atoms with Crippen molar-refractivity contribution in [3.63, 3.8) is 0 Å². The Morgan fingerprint density at radius 2 is 1.59 bits per heavy atom. The van der Waals surface area contributed by atoms with Crippen LogP contribution >= 0.6 is 23.2 Å². The highest BCUT2D eigenvalue weighted by Crippen LogP contribution is 2.25. The number of halogens is 2. The van der Waals surface area contributed by atoms with Gasteiger partial charge in [0.15, 0.2) is 0 Å². The Morgan fingerprint density at radius 1 is 0.828 bits per heavy atom. The van der Waals surface area contributed by atoms with E-state index >= 15 is 0 Å². The highest BCUT2D eigenvalue weighted by Gasteiger charge is 2.13. The fraction of sp³-hybridized carbons (Fsp3) is 0. The van der Waals surface area contributed by atoms with Crippen LogP contribution in [0.4, 0.5) is 5.69 Å². The third kappa shape index (κ3) is 6.07. The van der Waals surface area contributed by atoms with E-state index < -0.39 is 11.8 Å². The van der Waals surface area contributed by atoms with Crippen LogP contribution in [-0.2, 0) is 9.59 Å². The lowest BCUT2D eigenvalue weighted by Crippen LogP contribution is -2.32. The minimum absolute atomic E-state index is 0.264. The first-order valence-corrected chi connectivity index (χ1v) is 9.19. The first kappa shape index (κ1) is 20.4. The monoisotopic (exact) mass is 427 g/mol. The summed E-state index contributed by atoms with van der Waals surface area (Å²) in [5.41, 5.74) is 3.19. The smallest absolute Gasteiger partial charge is 0.329 e. The third-order valence-corrected chi connectivity index (χ3v) is 4.34. The molecule has 0 aliphatic heterocycles. The molecule has 2 amide bonds. The molecule has 0 saturated heterocycles. The van der Waals surface area contributed by atoms with Crippen molar-refractivity contribution in [1.82, 2.24) is 5.43 Å². The molecule has 3 aromatic rings. The van der Waals surface area contributed by atoms with Gasteiger partial charge in [-0.15, -0.1) is 0 Å². The fourth-order valence-corrected chi connectivity index (χ4v) is 2.56.